The van der Waals surface area contributed by atoms with E-state index in [0.717, 1.165) is 18.4 Å². The van der Waals surface area contributed by atoms with Gasteiger partial charge in [-0.2, -0.15) is 0 Å². The fourth-order valence-electron chi connectivity index (χ4n) is 2.66. The lowest BCUT2D eigenvalue weighted by molar-refractivity contribution is -0.125. The smallest absolute Gasteiger partial charge is 0.223 e. The van der Waals surface area contributed by atoms with Crippen molar-refractivity contribution in [3.63, 3.8) is 0 Å². The monoisotopic (exact) mass is 279 g/mol. The van der Waals surface area contributed by atoms with Crippen LogP contribution >= 0.6 is 11.6 Å². The summed E-state index contributed by atoms with van der Waals surface area (Å²) in [4.78, 5) is 12.1. The van der Waals surface area contributed by atoms with Gasteiger partial charge in [0.15, 0.2) is 0 Å². The number of amides is 1. The van der Waals surface area contributed by atoms with Gasteiger partial charge in [-0.3, -0.25) is 4.79 Å². The van der Waals surface area contributed by atoms with Crippen LogP contribution in [-0.4, -0.2) is 12.5 Å². The molecule has 1 atom stereocenters. The Morgan fingerprint density at radius 2 is 1.79 bits per heavy atom. The van der Waals surface area contributed by atoms with E-state index in [1.165, 1.54) is 25.7 Å². The summed E-state index contributed by atoms with van der Waals surface area (Å²) in [5.74, 6) is 0.380. The number of nitrogens with one attached hydrogen (secondary N) is 1. The van der Waals surface area contributed by atoms with E-state index in [1.807, 2.05) is 30.3 Å². The van der Waals surface area contributed by atoms with Crippen LogP contribution in [0.2, 0.25) is 0 Å². The molecule has 3 heteroatoms. The van der Waals surface area contributed by atoms with E-state index >= 15 is 0 Å². The van der Waals surface area contributed by atoms with E-state index in [2.05, 4.69) is 5.32 Å². The largest absolute Gasteiger partial charge is 0.354 e. The lowest BCUT2D eigenvalue weighted by Gasteiger charge is -2.16. The van der Waals surface area contributed by atoms with E-state index in [-0.39, 0.29) is 17.2 Å². The van der Waals surface area contributed by atoms with Crippen LogP contribution in [0, 0.1) is 5.92 Å². The first-order chi connectivity index (χ1) is 9.27. The summed E-state index contributed by atoms with van der Waals surface area (Å²) in [5, 5.41) is 2.86. The van der Waals surface area contributed by atoms with Crippen molar-refractivity contribution in [2.75, 3.05) is 6.54 Å². The molecular weight excluding hydrogens is 258 g/mol. The summed E-state index contributed by atoms with van der Waals surface area (Å²) in [6.45, 7) is 0.515. The Hall–Kier alpha value is -1.02. The number of halogens is 1. The fourth-order valence-corrected chi connectivity index (χ4v) is 2.88. The van der Waals surface area contributed by atoms with Crippen molar-refractivity contribution in [1.82, 2.24) is 5.32 Å². The lowest BCUT2D eigenvalue weighted by atomic mass is 9.99. The Balaban J connectivity index is 1.79. The molecular formula is C16H22ClNO. The Morgan fingerprint density at radius 1 is 1.16 bits per heavy atom. The second-order valence-electron chi connectivity index (χ2n) is 5.31. The van der Waals surface area contributed by atoms with Crippen molar-refractivity contribution in [3.8, 4) is 0 Å². The van der Waals surface area contributed by atoms with Gasteiger partial charge in [0.1, 0.15) is 0 Å². The SMILES string of the molecule is O=C(NCC(Cl)c1ccccc1)C1CCCCCC1. The highest BCUT2D eigenvalue weighted by molar-refractivity contribution is 6.21. The molecule has 0 heterocycles. The minimum Gasteiger partial charge on any atom is -0.354 e. The fraction of sp³-hybridized carbons (Fsp3) is 0.562. The second kappa shape index (κ2) is 7.54. The van der Waals surface area contributed by atoms with Crippen LogP contribution in [0.1, 0.15) is 49.5 Å². The third kappa shape index (κ3) is 4.54. The zero-order valence-corrected chi connectivity index (χ0v) is 12.0. The van der Waals surface area contributed by atoms with Crippen molar-refractivity contribution in [2.45, 2.75) is 43.9 Å². The van der Waals surface area contributed by atoms with Gasteiger partial charge in [0.2, 0.25) is 5.91 Å². The van der Waals surface area contributed by atoms with Gasteiger partial charge in [-0.1, -0.05) is 56.0 Å². The molecule has 19 heavy (non-hydrogen) atoms. The second-order valence-corrected chi connectivity index (χ2v) is 5.84. The van der Waals surface area contributed by atoms with Gasteiger partial charge >= 0.3 is 0 Å². The van der Waals surface area contributed by atoms with Crippen LogP contribution in [-0.2, 0) is 4.79 Å². The molecule has 1 aliphatic rings. The van der Waals surface area contributed by atoms with Gasteiger partial charge in [0.05, 0.1) is 5.38 Å². The van der Waals surface area contributed by atoms with Gasteiger partial charge in [-0.15, -0.1) is 11.6 Å². The van der Waals surface area contributed by atoms with Gasteiger partial charge in [0, 0.05) is 12.5 Å². The average molecular weight is 280 g/mol. The highest BCUT2D eigenvalue weighted by Gasteiger charge is 2.20. The van der Waals surface area contributed by atoms with Crippen molar-refractivity contribution >= 4 is 17.5 Å². The molecule has 0 radical (unpaired) electrons. The Morgan fingerprint density at radius 3 is 2.42 bits per heavy atom. The van der Waals surface area contributed by atoms with Crippen LogP contribution in [0.3, 0.4) is 0 Å². The number of benzene rings is 1. The molecule has 2 nitrogen and oxygen atoms in total. The molecule has 0 spiro atoms. The van der Waals surface area contributed by atoms with Crippen molar-refractivity contribution in [2.24, 2.45) is 5.92 Å². The maximum Gasteiger partial charge on any atom is 0.223 e. The van der Waals surface area contributed by atoms with Crippen molar-refractivity contribution in [3.05, 3.63) is 35.9 Å². The summed E-state index contributed by atoms with van der Waals surface area (Å²) in [7, 11) is 0. The van der Waals surface area contributed by atoms with Gasteiger partial charge in [-0.05, 0) is 18.4 Å². The molecule has 1 aromatic rings. The van der Waals surface area contributed by atoms with Crippen LogP contribution in [0.15, 0.2) is 30.3 Å². The van der Waals surface area contributed by atoms with Crippen molar-refractivity contribution in [1.29, 1.82) is 0 Å². The standard InChI is InChI=1S/C16H22ClNO/c17-15(13-8-6-3-7-9-13)12-18-16(19)14-10-4-1-2-5-11-14/h3,6-9,14-15H,1-2,4-5,10-12H2,(H,18,19). The highest BCUT2D eigenvalue weighted by atomic mass is 35.5. The predicted octanol–water partition coefficient (Wildman–Crippen LogP) is 4.05. The first-order valence-electron chi connectivity index (χ1n) is 7.24. The summed E-state index contributed by atoms with van der Waals surface area (Å²) >= 11 is 6.31. The Bertz CT molecular complexity index is 385. The van der Waals surface area contributed by atoms with Gasteiger partial charge in [0.25, 0.3) is 0 Å². The molecule has 0 aromatic heterocycles. The molecule has 1 unspecified atom stereocenters. The quantitative estimate of drug-likeness (QED) is 0.654. The van der Waals surface area contributed by atoms with Gasteiger partial charge in [-0.25, -0.2) is 0 Å². The van der Waals surface area contributed by atoms with Crippen LogP contribution < -0.4 is 5.32 Å². The van der Waals surface area contributed by atoms with Crippen molar-refractivity contribution < 1.29 is 4.79 Å². The molecule has 1 aliphatic carbocycles. The first-order valence-corrected chi connectivity index (χ1v) is 7.68. The van der Waals surface area contributed by atoms with E-state index in [4.69, 9.17) is 11.6 Å². The predicted molar refractivity (Wildman–Crippen MR) is 79.2 cm³/mol. The topological polar surface area (TPSA) is 29.1 Å². The minimum atomic E-state index is -0.143. The Labute approximate surface area is 120 Å². The zero-order chi connectivity index (χ0) is 13.5. The summed E-state index contributed by atoms with van der Waals surface area (Å²) < 4.78 is 0. The number of hydrogen-bond acceptors (Lipinski definition) is 1. The maximum absolute atomic E-state index is 12.1. The normalized spacial score (nSPS) is 18.6. The molecule has 1 fully saturated rings. The Kier molecular flexibility index (Phi) is 5.71. The van der Waals surface area contributed by atoms with Crippen LogP contribution in [0.5, 0.6) is 0 Å². The maximum atomic E-state index is 12.1. The molecule has 1 N–H and O–H groups in total. The molecule has 104 valence electrons. The zero-order valence-electron chi connectivity index (χ0n) is 11.3. The number of carbonyl (C=O) groups excluding carboxylic acids is 1. The number of alkyl halides is 1. The van der Waals surface area contributed by atoms with E-state index in [9.17, 15) is 4.79 Å². The average Bonchev–Trinajstić information content (AvgIpc) is 2.74. The van der Waals surface area contributed by atoms with Crippen LogP contribution in [0.4, 0.5) is 0 Å². The molecule has 1 aromatic carbocycles. The molecule has 1 saturated carbocycles. The summed E-state index contributed by atoms with van der Waals surface area (Å²) in [6.07, 6.45) is 6.97. The number of carbonyl (C=O) groups is 1. The number of rotatable bonds is 4. The molecule has 0 saturated heterocycles. The van der Waals surface area contributed by atoms with E-state index in [1.54, 1.807) is 0 Å². The van der Waals surface area contributed by atoms with E-state index < -0.39 is 0 Å². The summed E-state index contributed by atoms with van der Waals surface area (Å²) in [6, 6.07) is 9.90. The first kappa shape index (κ1) is 14.4. The number of hydrogen-bond donors (Lipinski definition) is 1. The molecule has 0 bridgehead atoms. The third-order valence-corrected chi connectivity index (χ3v) is 4.25. The third-order valence-electron chi connectivity index (χ3n) is 3.84. The minimum absolute atomic E-state index is 0.143. The lowest BCUT2D eigenvalue weighted by Crippen LogP contribution is -2.32. The molecule has 2 rings (SSSR count). The molecule has 1 amide bonds. The molecule has 0 aliphatic heterocycles. The summed E-state index contributed by atoms with van der Waals surface area (Å²) in [5.41, 5.74) is 1.06. The van der Waals surface area contributed by atoms with Crippen LogP contribution in [0.25, 0.3) is 0 Å². The highest BCUT2D eigenvalue weighted by Crippen LogP contribution is 2.24. The van der Waals surface area contributed by atoms with Gasteiger partial charge < -0.3 is 5.32 Å². The van der Waals surface area contributed by atoms with E-state index in [0.29, 0.717) is 6.54 Å².